The number of nitrogen functional groups attached to an aromatic ring is 1. The van der Waals surface area contributed by atoms with Gasteiger partial charge >= 0.3 is 24.2 Å². The number of hydrogen-bond acceptors (Lipinski definition) is 3. The lowest BCUT2D eigenvalue weighted by molar-refractivity contribution is -0.147. The molecule has 14 heteroatoms. The third-order valence-electron chi connectivity index (χ3n) is 4.75. The molecule has 3 aromatic rings. The number of rotatable bonds is 2. The Balaban J connectivity index is 2.43. The van der Waals surface area contributed by atoms with Gasteiger partial charge in [0.1, 0.15) is 0 Å². The van der Waals surface area contributed by atoms with E-state index in [1.807, 2.05) is 0 Å². The molecule has 0 amide bonds. The molecular weight excluding hydrogens is 471 g/mol. The lowest BCUT2D eigenvalue weighted by atomic mass is 10.1. The van der Waals surface area contributed by atoms with E-state index in [4.69, 9.17) is 5.73 Å². The zero-order valence-corrected chi connectivity index (χ0v) is 16.6. The van der Waals surface area contributed by atoms with Crippen LogP contribution in [0.1, 0.15) is 28.1 Å². The van der Waals surface area contributed by atoms with Crippen molar-refractivity contribution in [3.8, 4) is 11.4 Å². The zero-order valence-electron chi connectivity index (χ0n) is 16.6. The number of nitrogens with two attached hydrogens (primary N) is 1. The summed E-state index contributed by atoms with van der Waals surface area (Å²) in [5.41, 5.74) is -0.887. The predicted molar refractivity (Wildman–Crippen MR) is 98.1 cm³/mol. The van der Waals surface area contributed by atoms with Crippen LogP contribution in [0.4, 0.5) is 45.2 Å². The Labute approximate surface area is 178 Å². The molecule has 0 unspecified atom stereocenters. The molecule has 3 rings (SSSR count). The summed E-state index contributed by atoms with van der Waals surface area (Å²) >= 11 is 0. The van der Waals surface area contributed by atoms with Crippen molar-refractivity contribution in [1.82, 2.24) is 14.3 Å². The van der Waals surface area contributed by atoms with E-state index in [-0.39, 0.29) is 49.9 Å². The standard InChI is InChI=1S/C19H13F9N4O/c1-8-3-4-13(29)9(2)14(8)31-15(19(26,27)28)30-32(16(31)33)12-6-10(17(20,21)22)5-11(7-12)18(23,24)25/h3-7H,29H2,1-2H3. The van der Waals surface area contributed by atoms with E-state index in [1.54, 1.807) is 0 Å². The van der Waals surface area contributed by atoms with Crippen LogP contribution < -0.4 is 11.4 Å². The summed E-state index contributed by atoms with van der Waals surface area (Å²) in [4.78, 5) is 12.9. The first-order chi connectivity index (χ1) is 14.9. The average molecular weight is 484 g/mol. The molecule has 33 heavy (non-hydrogen) atoms. The Kier molecular flexibility index (Phi) is 5.54. The Morgan fingerprint density at radius 3 is 1.79 bits per heavy atom. The van der Waals surface area contributed by atoms with Crippen LogP contribution in [0.25, 0.3) is 11.4 Å². The minimum Gasteiger partial charge on any atom is -0.398 e. The number of anilines is 1. The van der Waals surface area contributed by atoms with Crippen LogP contribution >= 0.6 is 0 Å². The molecular formula is C19H13F9N4O. The Hall–Kier alpha value is -3.45. The van der Waals surface area contributed by atoms with Gasteiger partial charge < -0.3 is 5.73 Å². The predicted octanol–water partition coefficient (Wildman–Crippen LogP) is 5.28. The summed E-state index contributed by atoms with van der Waals surface area (Å²) in [7, 11) is 0. The van der Waals surface area contributed by atoms with Crippen molar-refractivity contribution >= 4 is 5.69 Å². The van der Waals surface area contributed by atoms with Crippen molar-refractivity contribution in [3.05, 3.63) is 68.9 Å². The molecule has 0 radical (unpaired) electrons. The molecule has 1 heterocycles. The maximum absolute atomic E-state index is 13.7. The fourth-order valence-corrected chi connectivity index (χ4v) is 3.18. The number of aromatic nitrogens is 3. The highest BCUT2D eigenvalue weighted by molar-refractivity contribution is 5.61. The van der Waals surface area contributed by atoms with Gasteiger partial charge in [-0.3, -0.25) is 0 Å². The molecule has 5 nitrogen and oxygen atoms in total. The van der Waals surface area contributed by atoms with Crippen LogP contribution in [-0.2, 0) is 18.5 Å². The largest absolute Gasteiger partial charge is 0.452 e. The van der Waals surface area contributed by atoms with Crippen LogP contribution in [0.3, 0.4) is 0 Å². The minimum absolute atomic E-state index is 0.00167. The van der Waals surface area contributed by atoms with E-state index in [9.17, 15) is 44.3 Å². The summed E-state index contributed by atoms with van der Waals surface area (Å²) in [5, 5.41) is 3.05. The van der Waals surface area contributed by atoms with Crippen molar-refractivity contribution < 1.29 is 39.5 Å². The summed E-state index contributed by atoms with van der Waals surface area (Å²) in [5.74, 6) is -1.85. The topological polar surface area (TPSA) is 65.8 Å². The van der Waals surface area contributed by atoms with Gasteiger partial charge in [0, 0.05) is 5.69 Å². The van der Waals surface area contributed by atoms with Crippen LogP contribution in [-0.4, -0.2) is 14.3 Å². The fourth-order valence-electron chi connectivity index (χ4n) is 3.18. The third kappa shape index (κ3) is 4.41. The van der Waals surface area contributed by atoms with Gasteiger partial charge in [-0.05, 0) is 49.2 Å². The molecule has 2 aromatic carbocycles. The highest BCUT2D eigenvalue weighted by Crippen LogP contribution is 2.37. The van der Waals surface area contributed by atoms with Crippen molar-refractivity contribution in [3.63, 3.8) is 0 Å². The van der Waals surface area contributed by atoms with E-state index in [0.29, 0.717) is 0 Å². The van der Waals surface area contributed by atoms with Gasteiger partial charge in [-0.15, -0.1) is 5.10 Å². The molecule has 0 atom stereocenters. The molecule has 1 aromatic heterocycles. The molecule has 0 aliphatic carbocycles. The Morgan fingerprint density at radius 1 is 0.818 bits per heavy atom. The van der Waals surface area contributed by atoms with Gasteiger partial charge in [-0.2, -0.15) is 44.2 Å². The maximum atomic E-state index is 13.7. The molecule has 0 aliphatic heterocycles. The molecule has 0 bridgehead atoms. The van der Waals surface area contributed by atoms with E-state index < -0.39 is 46.9 Å². The number of aryl methyl sites for hydroxylation is 1. The lowest BCUT2D eigenvalue weighted by Crippen LogP contribution is -2.26. The van der Waals surface area contributed by atoms with Gasteiger partial charge in [-0.25, -0.2) is 9.36 Å². The minimum atomic E-state index is -5.29. The number of halogens is 9. The number of alkyl halides is 9. The molecule has 0 saturated heterocycles. The van der Waals surface area contributed by atoms with Gasteiger partial charge in [0.15, 0.2) is 0 Å². The number of benzene rings is 2. The summed E-state index contributed by atoms with van der Waals surface area (Å²) in [6.45, 7) is 2.64. The monoisotopic (exact) mass is 484 g/mol. The molecule has 0 aliphatic rings. The molecule has 0 saturated carbocycles. The average Bonchev–Trinajstić information content (AvgIpc) is 3.01. The Morgan fingerprint density at radius 2 is 1.33 bits per heavy atom. The van der Waals surface area contributed by atoms with E-state index in [1.165, 1.54) is 26.0 Å². The van der Waals surface area contributed by atoms with Crippen molar-refractivity contribution in [2.75, 3.05) is 5.73 Å². The molecule has 178 valence electrons. The quantitative estimate of drug-likeness (QED) is 0.398. The first-order valence-corrected chi connectivity index (χ1v) is 8.88. The van der Waals surface area contributed by atoms with E-state index in [2.05, 4.69) is 5.10 Å². The summed E-state index contributed by atoms with van der Waals surface area (Å²) in [6, 6.07) is 2.65. The zero-order chi connectivity index (χ0) is 25.1. The lowest BCUT2D eigenvalue weighted by Gasteiger charge is -2.15. The SMILES string of the molecule is Cc1ccc(N)c(C)c1-n1c(C(F)(F)F)nn(-c2cc(C(F)(F)F)cc(C(F)(F)F)c2)c1=O. The maximum Gasteiger partial charge on any atom is 0.452 e. The normalized spacial score (nSPS) is 12.9. The fraction of sp³-hybridized carbons (Fsp3) is 0.263. The first-order valence-electron chi connectivity index (χ1n) is 8.88. The molecule has 2 N–H and O–H groups in total. The second-order valence-electron chi connectivity index (χ2n) is 7.06. The van der Waals surface area contributed by atoms with Gasteiger partial charge in [0.2, 0.25) is 5.82 Å². The highest BCUT2D eigenvalue weighted by Gasteiger charge is 2.42. The van der Waals surface area contributed by atoms with Crippen molar-refractivity contribution in [2.24, 2.45) is 0 Å². The van der Waals surface area contributed by atoms with Gasteiger partial charge in [-0.1, -0.05) is 6.07 Å². The molecule has 0 fully saturated rings. The summed E-state index contributed by atoms with van der Waals surface area (Å²) in [6.07, 6.45) is -15.9. The van der Waals surface area contributed by atoms with Crippen molar-refractivity contribution in [2.45, 2.75) is 32.4 Å². The highest BCUT2D eigenvalue weighted by atomic mass is 19.4. The van der Waals surface area contributed by atoms with Crippen LogP contribution in [0.5, 0.6) is 0 Å². The Bertz CT molecular complexity index is 1250. The second-order valence-corrected chi connectivity index (χ2v) is 7.06. The third-order valence-corrected chi connectivity index (χ3v) is 4.75. The number of nitrogens with zero attached hydrogens (tertiary/aromatic N) is 3. The van der Waals surface area contributed by atoms with Gasteiger partial charge in [0.05, 0.1) is 22.5 Å². The van der Waals surface area contributed by atoms with Crippen LogP contribution in [0, 0.1) is 13.8 Å². The molecule has 0 spiro atoms. The number of hydrogen-bond donors (Lipinski definition) is 1. The van der Waals surface area contributed by atoms with E-state index >= 15 is 0 Å². The first kappa shape index (κ1) is 24.2. The summed E-state index contributed by atoms with van der Waals surface area (Å²) < 4.78 is 120. The van der Waals surface area contributed by atoms with E-state index in [0.717, 1.165) is 0 Å². The van der Waals surface area contributed by atoms with Crippen LogP contribution in [0.2, 0.25) is 0 Å². The van der Waals surface area contributed by atoms with Gasteiger partial charge in [0.25, 0.3) is 0 Å². The van der Waals surface area contributed by atoms with Crippen LogP contribution in [0.15, 0.2) is 35.1 Å². The second kappa shape index (κ2) is 7.56. The smallest absolute Gasteiger partial charge is 0.398 e. The van der Waals surface area contributed by atoms with Crippen molar-refractivity contribution in [1.29, 1.82) is 0 Å².